The van der Waals surface area contributed by atoms with Crippen LogP contribution in [0.3, 0.4) is 0 Å². The van der Waals surface area contributed by atoms with Crippen molar-refractivity contribution in [3.05, 3.63) is 0 Å². The topological polar surface area (TPSA) is 0 Å². The summed E-state index contributed by atoms with van der Waals surface area (Å²) in [7, 11) is 0. The van der Waals surface area contributed by atoms with E-state index in [2.05, 4.69) is 0 Å². The van der Waals surface area contributed by atoms with Gasteiger partial charge in [0, 0.05) is 5.92 Å². The summed E-state index contributed by atoms with van der Waals surface area (Å²) in [6.07, 6.45) is 0. The average Bonchev–Trinajstić information content (AvgIpc) is 2.59. The number of hydrogen-bond donors (Lipinski definition) is 0. The fourth-order valence-corrected chi connectivity index (χ4v) is 14.8. The quantitative estimate of drug-likeness (QED) is 0.358. The van der Waals surface area contributed by atoms with E-state index in [1.165, 1.54) is 0 Å². The van der Waals surface area contributed by atoms with Crippen molar-refractivity contribution < 1.29 is 0 Å². The number of alkyl halides is 11. The Morgan fingerprint density at radius 1 is 0.381 bits per heavy atom. The van der Waals surface area contributed by atoms with Crippen LogP contribution in [0.4, 0.5) is 0 Å². The zero-order valence-electron chi connectivity index (χ0n) is 9.23. The molecule has 6 saturated carbocycles. The molecule has 118 valence electrons. The van der Waals surface area contributed by atoms with E-state index in [1.807, 2.05) is 0 Å². The van der Waals surface area contributed by atoms with Gasteiger partial charge in [-0.25, -0.2) is 0 Å². The molecule has 4 bridgehead atoms. The molecule has 0 aromatic rings. The van der Waals surface area contributed by atoms with Gasteiger partial charge in [0.15, 0.2) is 8.67 Å². The lowest BCUT2D eigenvalue weighted by molar-refractivity contribution is -0.0200. The van der Waals surface area contributed by atoms with Crippen LogP contribution in [0.5, 0.6) is 0 Å². The third kappa shape index (κ3) is 0.721. The minimum Gasteiger partial charge on any atom is -0.115 e. The van der Waals surface area contributed by atoms with Gasteiger partial charge >= 0.3 is 0 Å². The fraction of sp³-hybridized carbons (Fsp3) is 1.00. The van der Waals surface area contributed by atoms with E-state index in [0.29, 0.717) is 0 Å². The molecule has 0 radical (unpaired) electrons. The maximum atomic E-state index is 6.79. The van der Waals surface area contributed by atoms with Crippen LogP contribution in [0.1, 0.15) is 0 Å². The summed E-state index contributed by atoms with van der Waals surface area (Å²) in [5.74, 6) is -0.805. The largest absolute Gasteiger partial charge is 0.162 e. The first kappa shape index (κ1) is 16.4. The van der Waals surface area contributed by atoms with Gasteiger partial charge in [-0.05, 0) is 0 Å². The Morgan fingerprint density at radius 3 is 1.05 bits per heavy atom. The maximum Gasteiger partial charge on any atom is 0.162 e. The first-order valence-electron chi connectivity index (χ1n) is 5.69. The minimum atomic E-state index is -1.75. The van der Waals surface area contributed by atoms with Crippen LogP contribution < -0.4 is 0 Å². The summed E-state index contributed by atoms with van der Waals surface area (Å²) in [5, 5.41) is 0. The highest BCUT2D eigenvalue weighted by molar-refractivity contribution is 6.78. The molecule has 0 aliphatic heterocycles. The average molecular weight is 511 g/mol. The monoisotopic (exact) mass is 506 g/mol. The summed E-state index contributed by atoms with van der Waals surface area (Å²) < 4.78 is -3.50. The number of rotatable bonds is 0. The predicted octanol–water partition coefficient (Wildman–Crippen LogP) is 5.86. The Balaban J connectivity index is 2.03. The highest BCUT2D eigenvalue weighted by Gasteiger charge is 3.28. The zero-order chi connectivity index (χ0) is 16.1. The molecular formula is C10HCl11. The lowest BCUT2D eigenvalue weighted by Gasteiger charge is -2.78. The molecule has 21 heavy (non-hydrogen) atoms. The lowest BCUT2D eigenvalue weighted by atomic mass is 9.42. The highest BCUT2D eigenvalue weighted by atomic mass is 35.5. The SMILES string of the molecule is ClC12C3(Cl)[C@@]4(Cl)C(Cl)(Cl)[C@@]1(Cl)C1C4(Cl)[C@@]3(Cl)C(Cl)(Cl)[C@]12Cl. The number of hydrogen-bond acceptors (Lipinski definition) is 0. The van der Waals surface area contributed by atoms with Crippen molar-refractivity contribution in [1.82, 2.24) is 0 Å². The van der Waals surface area contributed by atoms with Crippen molar-refractivity contribution in [1.29, 1.82) is 0 Å². The molecule has 6 fully saturated rings. The highest BCUT2D eigenvalue weighted by Crippen LogP contribution is 3.11. The predicted molar refractivity (Wildman–Crippen MR) is 92.5 cm³/mol. The minimum absolute atomic E-state index is 0.805. The van der Waals surface area contributed by atoms with E-state index in [9.17, 15) is 0 Å². The Morgan fingerprint density at radius 2 is 0.714 bits per heavy atom. The second kappa shape index (κ2) is 3.15. The third-order valence-electron chi connectivity index (χ3n) is 6.40. The summed E-state index contributed by atoms with van der Waals surface area (Å²) in [6, 6.07) is 0. The summed E-state index contributed by atoms with van der Waals surface area (Å²) >= 11 is 73.1. The van der Waals surface area contributed by atoms with Gasteiger partial charge in [-0.3, -0.25) is 0 Å². The van der Waals surface area contributed by atoms with Gasteiger partial charge in [0.2, 0.25) is 0 Å². The second-order valence-corrected chi connectivity index (χ2v) is 13.1. The second-order valence-electron chi connectivity index (χ2n) is 6.35. The molecule has 0 amide bonds. The molecule has 6 rings (SSSR count). The molecule has 0 aromatic carbocycles. The normalized spacial score (nSPS) is 79.9. The smallest absolute Gasteiger partial charge is 0.115 e. The van der Waals surface area contributed by atoms with Crippen LogP contribution in [0.2, 0.25) is 0 Å². The zero-order valence-corrected chi connectivity index (χ0v) is 17.6. The van der Waals surface area contributed by atoms with Gasteiger partial charge < -0.3 is 0 Å². The maximum absolute atomic E-state index is 6.79. The van der Waals surface area contributed by atoms with Crippen molar-refractivity contribution in [3.8, 4) is 0 Å². The van der Waals surface area contributed by atoms with E-state index in [0.717, 1.165) is 0 Å². The first-order valence-corrected chi connectivity index (χ1v) is 9.85. The molecule has 4 unspecified atom stereocenters. The fourth-order valence-electron chi connectivity index (χ4n) is 5.88. The molecule has 0 aromatic heterocycles. The molecule has 0 heterocycles. The molecule has 11 heteroatoms. The van der Waals surface area contributed by atoms with Gasteiger partial charge in [0.25, 0.3) is 0 Å². The Labute approximate surface area is 174 Å². The van der Waals surface area contributed by atoms with Crippen molar-refractivity contribution in [2.75, 3.05) is 0 Å². The van der Waals surface area contributed by atoms with Gasteiger partial charge in [0.05, 0.1) is 4.87 Å². The standard InChI is InChI=1S/C10HCl11/c11-2-1-3(12)5(14)4(1,13)10(20,21)7(2,16)8(5,17)6(2,15)9(3,18)19/h1H/t1?,2?,3-,4+,5?,6-,7+,8?. The van der Waals surface area contributed by atoms with Gasteiger partial charge in [-0.1, -0.05) is 46.4 Å². The lowest BCUT2D eigenvalue weighted by Crippen LogP contribution is -2.98. The van der Waals surface area contributed by atoms with E-state index < -0.39 is 48.7 Å². The van der Waals surface area contributed by atoms with Crippen molar-refractivity contribution in [3.63, 3.8) is 0 Å². The van der Waals surface area contributed by atoms with E-state index in [4.69, 9.17) is 128 Å². The van der Waals surface area contributed by atoms with Crippen LogP contribution in [0.25, 0.3) is 0 Å². The number of halogens is 11. The van der Waals surface area contributed by atoms with Crippen LogP contribution in [0, 0.1) is 5.92 Å². The van der Waals surface area contributed by atoms with E-state index in [-0.39, 0.29) is 0 Å². The van der Waals surface area contributed by atoms with Gasteiger partial charge in [-0.2, -0.15) is 0 Å². The Hall–Kier alpha value is 3.19. The van der Waals surface area contributed by atoms with Gasteiger partial charge in [0.1, 0.15) is 29.2 Å². The van der Waals surface area contributed by atoms with E-state index >= 15 is 0 Å². The molecule has 8 atom stereocenters. The summed E-state index contributed by atoms with van der Waals surface area (Å²) in [6.45, 7) is 0. The van der Waals surface area contributed by atoms with Crippen molar-refractivity contribution in [2.24, 2.45) is 5.92 Å². The Bertz CT molecular complexity index is 628. The van der Waals surface area contributed by atoms with Crippen molar-refractivity contribution >= 4 is 128 Å². The molecule has 0 N–H and O–H groups in total. The van der Waals surface area contributed by atoms with Crippen molar-refractivity contribution in [2.45, 2.75) is 42.8 Å². The first-order chi connectivity index (χ1) is 9.12. The van der Waals surface area contributed by atoms with Crippen LogP contribution in [-0.2, 0) is 0 Å². The third-order valence-corrected chi connectivity index (χ3v) is 16.0. The van der Waals surface area contributed by atoms with Crippen LogP contribution >= 0.6 is 128 Å². The van der Waals surface area contributed by atoms with Crippen LogP contribution in [-0.4, -0.2) is 42.8 Å². The molecule has 0 nitrogen and oxygen atoms in total. The molecule has 0 saturated heterocycles. The summed E-state index contributed by atoms with van der Waals surface area (Å²) in [4.78, 5) is -11.0. The Kier molecular flexibility index (Phi) is 2.46. The molecule has 6 aliphatic carbocycles. The molecule has 6 aliphatic rings. The van der Waals surface area contributed by atoms with Crippen LogP contribution in [0.15, 0.2) is 0 Å². The molecular weight excluding hydrogens is 510 g/mol. The van der Waals surface area contributed by atoms with E-state index in [1.54, 1.807) is 0 Å². The van der Waals surface area contributed by atoms with Gasteiger partial charge in [-0.15, -0.1) is 81.2 Å². The molecule has 0 spiro atoms. The summed E-state index contributed by atoms with van der Waals surface area (Å²) in [5.41, 5.74) is 0.